The largest absolute Gasteiger partial charge is 0.394 e. The summed E-state index contributed by atoms with van der Waals surface area (Å²) < 4.78 is 17.3. The van der Waals surface area contributed by atoms with Crippen LogP contribution in [0.5, 0.6) is 0 Å². The molecule has 2 aliphatic heterocycles. The zero-order valence-corrected chi connectivity index (χ0v) is 16.5. The van der Waals surface area contributed by atoms with Crippen molar-refractivity contribution < 1.29 is 39.7 Å². The van der Waals surface area contributed by atoms with Crippen molar-refractivity contribution in [3.63, 3.8) is 0 Å². The standard InChI is InChI=1S/C19H34O8/c1-10(25-16-15(24)14(23)13(22)12(9-20)26-16)5-6-19-17(2,3)7-11(21)8-18(19,4)27-19/h10-16,20-24H,5-9H2,1-4H3/t10-,11+,12-,13-,14+,15-,16-,18-,19+/m1/s1. The maximum atomic E-state index is 10.1. The minimum atomic E-state index is -1.44. The molecule has 2 heterocycles. The average Bonchev–Trinajstić information content (AvgIpc) is 3.19. The molecule has 0 aromatic carbocycles. The molecule has 0 spiro atoms. The molecule has 0 aromatic rings. The predicted octanol–water partition coefficient (Wildman–Crippen LogP) is -0.320. The molecule has 8 heteroatoms. The first-order chi connectivity index (χ1) is 12.5. The Kier molecular flexibility index (Phi) is 5.69. The van der Waals surface area contributed by atoms with Gasteiger partial charge >= 0.3 is 0 Å². The first-order valence-corrected chi connectivity index (χ1v) is 9.80. The molecule has 8 nitrogen and oxygen atoms in total. The fourth-order valence-electron chi connectivity index (χ4n) is 5.23. The fraction of sp³-hybridized carbons (Fsp3) is 1.00. The van der Waals surface area contributed by atoms with Crippen LogP contribution in [0.4, 0.5) is 0 Å². The average molecular weight is 390 g/mol. The molecule has 0 bridgehead atoms. The van der Waals surface area contributed by atoms with Crippen LogP contribution in [0.1, 0.15) is 53.4 Å². The molecule has 3 rings (SSSR count). The van der Waals surface area contributed by atoms with Crippen molar-refractivity contribution in [1.29, 1.82) is 0 Å². The molecule has 0 aromatic heterocycles. The summed E-state index contributed by atoms with van der Waals surface area (Å²) in [7, 11) is 0. The molecule has 1 saturated carbocycles. The van der Waals surface area contributed by atoms with Crippen LogP contribution in [0.2, 0.25) is 0 Å². The molecule has 5 N–H and O–H groups in total. The van der Waals surface area contributed by atoms with E-state index in [1.54, 1.807) is 0 Å². The highest BCUT2D eigenvalue weighted by Crippen LogP contribution is 2.67. The van der Waals surface area contributed by atoms with E-state index in [1.807, 2.05) is 13.8 Å². The number of fused-ring (bicyclic) bond motifs is 1. The van der Waals surface area contributed by atoms with Crippen molar-refractivity contribution in [2.75, 3.05) is 6.61 Å². The third kappa shape index (κ3) is 3.55. The van der Waals surface area contributed by atoms with Crippen molar-refractivity contribution in [2.24, 2.45) is 5.41 Å². The van der Waals surface area contributed by atoms with E-state index in [2.05, 4.69) is 13.8 Å². The van der Waals surface area contributed by atoms with Crippen LogP contribution in [0.25, 0.3) is 0 Å². The Morgan fingerprint density at radius 2 is 1.70 bits per heavy atom. The molecule has 9 atom stereocenters. The maximum absolute atomic E-state index is 10.1. The van der Waals surface area contributed by atoms with E-state index < -0.39 is 37.3 Å². The quantitative estimate of drug-likeness (QED) is 0.390. The molecule has 3 aliphatic rings. The Morgan fingerprint density at radius 3 is 2.30 bits per heavy atom. The third-order valence-corrected chi connectivity index (χ3v) is 6.79. The van der Waals surface area contributed by atoms with Gasteiger partial charge in [0.2, 0.25) is 0 Å². The van der Waals surface area contributed by atoms with Crippen LogP contribution in [0.3, 0.4) is 0 Å². The lowest BCUT2D eigenvalue weighted by Crippen LogP contribution is -2.59. The van der Waals surface area contributed by atoms with Crippen molar-refractivity contribution in [2.45, 2.75) is 107 Å². The lowest BCUT2D eigenvalue weighted by atomic mass is 9.61. The number of aliphatic hydroxyl groups is 5. The Labute approximate surface area is 160 Å². The molecule has 0 amide bonds. The van der Waals surface area contributed by atoms with Crippen LogP contribution >= 0.6 is 0 Å². The summed E-state index contributed by atoms with van der Waals surface area (Å²) in [6.45, 7) is 7.64. The lowest BCUT2D eigenvalue weighted by molar-refractivity contribution is -0.310. The third-order valence-electron chi connectivity index (χ3n) is 6.79. The van der Waals surface area contributed by atoms with Gasteiger partial charge in [-0.1, -0.05) is 13.8 Å². The summed E-state index contributed by atoms with van der Waals surface area (Å²) in [5, 5.41) is 49.2. The van der Waals surface area contributed by atoms with Gasteiger partial charge in [0.15, 0.2) is 6.29 Å². The Morgan fingerprint density at radius 1 is 1.04 bits per heavy atom. The molecule has 27 heavy (non-hydrogen) atoms. The van der Waals surface area contributed by atoms with E-state index in [9.17, 15) is 25.5 Å². The topological polar surface area (TPSA) is 132 Å². The van der Waals surface area contributed by atoms with Crippen molar-refractivity contribution >= 4 is 0 Å². The second kappa shape index (κ2) is 7.18. The highest BCUT2D eigenvalue weighted by molar-refractivity contribution is 5.23. The molecule has 3 fully saturated rings. The first-order valence-electron chi connectivity index (χ1n) is 9.80. The van der Waals surface area contributed by atoms with E-state index in [0.717, 1.165) is 6.42 Å². The summed E-state index contributed by atoms with van der Waals surface area (Å²) in [6, 6.07) is 0. The van der Waals surface area contributed by atoms with Crippen LogP contribution in [0, 0.1) is 5.41 Å². The predicted molar refractivity (Wildman–Crippen MR) is 94.8 cm³/mol. The second-order valence-corrected chi connectivity index (χ2v) is 9.29. The van der Waals surface area contributed by atoms with Crippen LogP contribution < -0.4 is 0 Å². The van der Waals surface area contributed by atoms with Gasteiger partial charge in [0.1, 0.15) is 30.0 Å². The van der Waals surface area contributed by atoms with Crippen molar-refractivity contribution in [1.82, 2.24) is 0 Å². The van der Waals surface area contributed by atoms with Gasteiger partial charge in [-0.15, -0.1) is 0 Å². The van der Waals surface area contributed by atoms with Crippen molar-refractivity contribution in [3.05, 3.63) is 0 Å². The summed E-state index contributed by atoms with van der Waals surface area (Å²) >= 11 is 0. The smallest absolute Gasteiger partial charge is 0.186 e. The van der Waals surface area contributed by atoms with Crippen LogP contribution in [-0.4, -0.2) is 86.3 Å². The zero-order chi connectivity index (χ0) is 20.2. The Balaban J connectivity index is 1.58. The number of ether oxygens (including phenoxy) is 3. The summed E-state index contributed by atoms with van der Waals surface area (Å²) in [5.41, 5.74) is -0.814. The first kappa shape index (κ1) is 21.4. The summed E-state index contributed by atoms with van der Waals surface area (Å²) in [4.78, 5) is 0. The van der Waals surface area contributed by atoms with E-state index in [1.165, 1.54) is 0 Å². The van der Waals surface area contributed by atoms with Gasteiger partial charge in [-0.3, -0.25) is 0 Å². The molecule has 0 unspecified atom stereocenters. The van der Waals surface area contributed by atoms with E-state index in [-0.39, 0.29) is 28.8 Å². The number of hydrogen-bond donors (Lipinski definition) is 5. The summed E-state index contributed by atoms with van der Waals surface area (Å²) in [5.74, 6) is 0. The molecule has 158 valence electrons. The molecule has 2 saturated heterocycles. The molecule has 0 radical (unpaired) electrons. The molecular formula is C19H34O8. The normalized spacial score (nSPS) is 50.1. The monoisotopic (exact) mass is 390 g/mol. The van der Waals surface area contributed by atoms with E-state index >= 15 is 0 Å². The minimum Gasteiger partial charge on any atom is -0.394 e. The molecular weight excluding hydrogens is 356 g/mol. The zero-order valence-electron chi connectivity index (χ0n) is 16.5. The SMILES string of the molecule is C[C@H](CC[C@@]12O[C@]1(C)C[C@@H](O)CC2(C)C)O[C@@H]1O[C@H](CO)[C@@H](O)[C@H](O)[C@H]1O. The Bertz CT molecular complexity index is 540. The van der Waals surface area contributed by atoms with Gasteiger partial charge in [-0.05, 0) is 38.5 Å². The minimum absolute atomic E-state index is 0.164. The van der Waals surface area contributed by atoms with Gasteiger partial charge in [0.05, 0.1) is 24.4 Å². The highest BCUT2D eigenvalue weighted by atomic mass is 16.7. The van der Waals surface area contributed by atoms with E-state index in [0.29, 0.717) is 19.3 Å². The van der Waals surface area contributed by atoms with Gasteiger partial charge < -0.3 is 39.7 Å². The van der Waals surface area contributed by atoms with Crippen LogP contribution in [-0.2, 0) is 14.2 Å². The van der Waals surface area contributed by atoms with E-state index in [4.69, 9.17) is 14.2 Å². The summed E-state index contributed by atoms with van der Waals surface area (Å²) in [6.07, 6.45) is -4.30. The number of aliphatic hydroxyl groups excluding tert-OH is 5. The maximum Gasteiger partial charge on any atom is 0.186 e. The lowest BCUT2D eigenvalue weighted by Gasteiger charge is -2.42. The highest BCUT2D eigenvalue weighted by Gasteiger charge is 2.75. The van der Waals surface area contributed by atoms with Gasteiger partial charge in [0.25, 0.3) is 0 Å². The van der Waals surface area contributed by atoms with Gasteiger partial charge in [0, 0.05) is 6.42 Å². The van der Waals surface area contributed by atoms with Gasteiger partial charge in [-0.2, -0.15) is 0 Å². The number of epoxide rings is 1. The number of hydrogen-bond acceptors (Lipinski definition) is 8. The fourth-order valence-corrected chi connectivity index (χ4v) is 5.23. The Hall–Kier alpha value is -0.320. The van der Waals surface area contributed by atoms with Crippen molar-refractivity contribution in [3.8, 4) is 0 Å². The molecule has 1 aliphatic carbocycles. The van der Waals surface area contributed by atoms with Crippen LogP contribution in [0.15, 0.2) is 0 Å². The second-order valence-electron chi connectivity index (χ2n) is 9.29. The van der Waals surface area contributed by atoms with Gasteiger partial charge in [-0.25, -0.2) is 0 Å². The number of rotatable bonds is 6.